The summed E-state index contributed by atoms with van der Waals surface area (Å²) in [5.41, 5.74) is -1.79. The average Bonchev–Trinajstić information content (AvgIpc) is 2.34. The van der Waals surface area contributed by atoms with E-state index in [4.69, 9.17) is 5.11 Å². The van der Waals surface area contributed by atoms with Gasteiger partial charge in [-0.15, -0.1) is 0 Å². The second-order valence-electron chi connectivity index (χ2n) is 4.62. The van der Waals surface area contributed by atoms with Crippen LogP contribution in [0.1, 0.15) is 23.7 Å². The van der Waals surface area contributed by atoms with Gasteiger partial charge in [-0.3, -0.25) is 9.59 Å². The number of hydrogen-bond donors (Lipinski definition) is 3. The van der Waals surface area contributed by atoms with E-state index >= 15 is 0 Å². The average molecular weight is 303 g/mol. The number of carboxylic acids is 1. The topological polar surface area (TPSA) is 95.9 Å². The van der Waals surface area contributed by atoms with Crippen molar-refractivity contribution >= 4 is 11.9 Å². The zero-order valence-electron chi connectivity index (χ0n) is 11.2. The zero-order valence-corrected chi connectivity index (χ0v) is 11.2. The van der Waals surface area contributed by atoms with Crippen LogP contribution in [-0.2, 0) is 4.79 Å². The van der Waals surface area contributed by atoms with E-state index < -0.39 is 30.5 Å². The molecule has 8 heteroatoms. The van der Waals surface area contributed by atoms with Crippen molar-refractivity contribution in [1.82, 2.24) is 5.32 Å². The van der Waals surface area contributed by atoms with Gasteiger partial charge < -0.3 is 20.3 Å². The fourth-order valence-electron chi connectivity index (χ4n) is 1.61. The number of nitrogens with one attached hydrogen (secondary N) is 1. The number of carboxylic acid groups (broad SMARTS) is 1. The maximum Gasteiger partial charge on any atom is 0.387 e. The molecule has 0 saturated carbocycles. The molecule has 0 saturated heterocycles. The number of benzene rings is 1. The molecule has 1 atom stereocenters. The summed E-state index contributed by atoms with van der Waals surface area (Å²) in [6.45, 7) is -2.18. The molecule has 0 aromatic heterocycles. The molecule has 21 heavy (non-hydrogen) atoms. The normalized spacial score (nSPS) is 13.6. The molecular weight excluding hydrogens is 288 g/mol. The monoisotopic (exact) mass is 303 g/mol. The number of para-hydroxylation sites is 1. The lowest BCUT2D eigenvalue weighted by atomic mass is 10.0. The Balaban J connectivity index is 2.74. The Bertz CT molecular complexity index is 519. The first kappa shape index (κ1) is 16.8. The van der Waals surface area contributed by atoms with E-state index in [1.54, 1.807) is 0 Å². The molecule has 0 spiro atoms. The standard InChI is InChI=1S/C13H15F2NO5/c1-13(20,6-10(17)18)7-16-11(19)8-4-2-3-5-9(8)21-12(14)15/h2-5,12,20H,6-7H2,1H3,(H,16,19)(H,17,18). The van der Waals surface area contributed by atoms with Crippen LogP contribution >= 0.6 is 0 Å². The number of ether oxygens (including phenoxy) is 1. The zero-order chi connectivity index (χ0) is 16.0. The number of carbonyl (C=O) groups is 2. The lowest BCUT2D eigenvalue weighted by molar-refractivity contribution is -0.141. The van der Waals surface area contributed by atoms with Gasteiger partial charge >= 0.3 is 12.6 Å². The van der Waals surface area contributed by atoms with E-state index in [-0.39, 0.29) is 17.9 Å². The number of halogens is 2. The summed E-state index contributed by atoms with van der Waals surface area (Å²) in [6, 6.07) is 5.37. The molecule has 1 unspecified atom stereocenters. The molecule has 0 aliphatic rings. The van der Waals surface area contributed by atoms with Gasteiger partial charge in [0.05, 0.1) is 17.6 Å². The third kappa shape index (κ3) is 5.74. The molecule has 0 aliphatic carbocycles. The van der Waals surface area contributed by atoms with E-state index in [1.165, 1.54) is 31.2 Å². The van der Waals surface area contributed by atoms with Crippen molar-refractivity contribution < 1.29 is 33.3 Å². The third-order valence-electron chi connectivity index (χ3n) is 2.51. The third-order valence-corrected chi connectivity index (χ3v) is 2.51. The molecule has 0 fully saturated rings. The Morgan fingerprint density at radius 2 is 2.00 bits per heavy atom. The molecule has 1 amide bonds. The second-order valence-corrected chi connectivity index (χ2v) is 4.62. The molecular formula is C13H15F2NO5. The minimum Gasteiger partial charge on any atom is -0.481 e. The molecule has 1 aromatic carbocycles. The van der Waals surface area contributed by atoms with E-state index in [9.17, 15) is 23.5 Å². The van der Waals surface area contributed by atoms with Crippen molar-refractivity contribution in [2.75, 3.05) is 6.54 Å². The first-order valence-electron chi connectivity index (χ1n) is 5.97. The summed E-state index contributed by atoms with van der Waals surface area (Å²) >= 11 is 0. The van der Waals surface area contributed by atoms with Crippen LogP contribution < -0.4 is 10.1 Å². The molecule has 0 bridgehead atoms. The van der Waals surface area contributed by atoms with Crippen molar-refractivity contribution in [2.24, 2.45) is 0 Å². The highest BCUT2D eigenvalue weighted by atomic mass is 19.3. The quantitative estimate of drug-likeness (QED) is 0.704. The molecule has 1 aromatic rings. The van der Waals surface area contributed by atoms with Crippen LogP contribution in [0.25, 0.3) is 0 Å². The predicted molar refractivity (Wildman–Crippen MR) is 68.3 cm³/mol. The fraction of sp³-hybridized carbons (Fsp3) is 0.385. The Labute approximate surface area is 119 Å². The Kier molecular flexibility index (Phi) is 5.60. The molecule has 116 valence electrons. The summed E-state index contributed by atoms with van der Waals surface area (Å²) in [5, 5.41) is 20.6. The number of aliphatic carboxylic acids is 1. The van der Waals surface area contributed by atoms with Gasteiger partial charge in [-0.05, 0) is 19.1 Å². The highest BCUT2D eigenvalue weighted by Gasteiger charge is 2.25. The first-order valence-corrected chi connectivity index (χ1v) is 5.97. The number of amides is 1. The van der Waals surface area contributed by atoms with Gasteiger partial charge in [0.2, 0.25) is 0 Å². The minimum absolute atomic E-state index is 0.135. The maximum absolute atomic E-state index is 12.2. The maximum atomic E-state index is 12.2. The summed E-state index contributed by atoms with van der Waals surface area (Å²) in [6.07, 6.45) is -0.567. The van der Waals surface area contributed by atoms with Crippen LogP contribution in [0.2, 0.25) is 0 Å². The van der Waals surface area contributed by atoms with Gasteiger partial charge in [0.1, 0.15) is 5.75 Å². The number of alkyl halides is 2. The van der Waals surface area contributed by atoms with Gasteiger partial charge in [0.15, 0.2) is 0 Å². The Morgan fingerprint density at radius 3 is 2.57 bits per heavy atom. The SMILES string of the molecule is CC(O)(CNC(=O)c1ccccc1OC(F)F)CC(=O)O. The van der Waals surface area contributed by atoms with E-state index in [1.807, 2.05) is 0 Å². The molecule has 0 radical (unpaired) electrons. The van der Waals surface area contributed by atoms with Crippen LogP contribution in [0.5, 0.6) is 5.75 Å². The van der Waals surface area contributed by atoms with Gasteiger partial charge in [-0.2, -0.15) is 8.78 Å². The van der Waals surface area contributed by atoms with Gasteiger partial charge in [-0.25, -0.2) is 0 Å². The molecule has 6 nitrogen and oxygen atoms in total. The fourth-order valence-corrected chi connectivity index (χ4v) is 1.61. The van der Waals surface area contributed by atoms with E-state index in [0.29, 0.717) is 0 Å². The second kappa shape index (κ2) is 6.98. The van der Waals surface area contributed by atoms with Gasteiger partial charge in [0, 0.05) is 6.54 Å². The predicted octanol–water partition coefficient (Wildman–Crippen LogP) is 1.24. The highest BCUT2D eigenvalue weighted by molar-refractivity contribution is 5.96. The molecule has 0 aliphatic heterocycles. The Hall–Kier alpha value is -2.22. The lowest BCUT2D eigenvalue weighted by Crippen LogP contribution is -2.42. The summed E-state index contributed by atoms with van der Waals surface area (Å²) in [4.78, 5) is 22.4. The van der Waals surface area contributed by atoms with E-state index in [0.717, 1.165) is 0 Å². The lowest BCUT2D eigenvalue weighted by Gasteiger charge is -2.21. The van der Waals surface area contributed by atoms with Crippen molar-refractivity contribution in [3.63, 3.8) is 0 Å². The number of carbonyl (C=O) groups excluding carboxylic acids is 1. The number of aliphatic hydroxyl groups is 1. The Morgan fingerprint density at radius 1 is 1.38 bits per heavy atom. The summed E-state index contributed by atoms with van der Waals surface area (Å²) in [5.74, 6) is -2.28. The van der Waals surface area contributed by atoms with Crippen LogP contribution in [0.15, 0.2) is 24.3 Å². The smallest absolute Gasteiger partial charge is 0.387 e. The van der Waals surface area contributed by atoms with Crippen LogP contribution in [0.4, 0.5) is 8.78 Å². The van der Waals surface area contributed by atoms with Crippen molar-refractivity contribution in [1.29, 1.82) is 0 Å². The van der Waals surface area contributed by atoms with Gasteiger partial charge in [0.25, 0.3) is 5.91 Å². The molecule has 3 N–H and O–H groups in total. The van der Waals surface area contributed by atoms with E-state index in [2.05, 4.69) is 10.1 Å². The minimum atomic E-state index is -3.07. The van der Waals surface area contributed by atoms with Crippen LogP contribution in [0.3, 0.4) is 0 Å². The highest BCUT2D eigenvalue weighted by Crippen LogP contribution is 2.20. The summed E-state index contributed by atoms with van der Waals surface area (Å²) in [7, 11) is 0. The largest absolute Gasteiger partial charge is 0.481 e. The van der Waals surface area contributed by atoms with Crippen LogP contribution in [0, 0.1) is 0 Å². The van der Waals surface area contributed by atoms with Crippen LogP contribution in [-0.4, -0.2) is 40.8 Å². The van der Waals surface area contributed by atoms with Crippen molar-refractivity contribution in [3.8, 4) is 5.75 Å². The van der Waals surface area contributed by atoms with Gasteiger partial charge in [-0.1, -0.05) is 12.1 Å². The molecule has 0 heterocycles. The number of hydrogen-bond acceptors (Lipinski definition) is 4. The molecule has 1 rings (SSSR count). The van der Waals surface area contributed by atoms with Crippen molar-refractivity contribution in [2.45, 2.75) is 25.6 Å². The first-order chi connectivity index (χ1) is 9.71. The number of rotatable bonds is 7. The van der Waals surface area contributed by atoms with Crippen molar-refractivity contribution in [3.05, 3.63) is 29.8 Å². The summed E-state index contributed by atoms with van der Waals surface area (Å²) < 4.78 is 28.7.